The summed E-state index contributed by atoms with van der Waals surface area (Å²) in [5.41, 5.74) is 9.10. The van der Waals surface area contributed by atoms with Gasteiger partial charge in [-0.25, -0.2) is 0 Å². The molecule has 1 aliphatic carbocycles. The van der Waals surface area contributed by atoms with E-state index in [9.17, 15) is 0 Å². The van der Waals surface area contributed by atoms with E-state index in [1.54, 1.807) is 0 Å². The molecule has 1 fully saturated rings. The zero-order valence-electron chi connectivity index (χ0n) is 12.5. The van der Waals surface area contributed by atoms with Crippen molar-refractivity contribution in [1.29, 1.82) is 0 Å². The van der Waals surface area contributed by atoms with Crippen LogP contribution >= 0.6 is 0 Å². The molecule has 0 spiro atoms. The molecule has 1 atom stereocenters. The first-order valence-electron chi connectivity index (χ1n) is 7.44. The molecule has 1 aromatic rings. The fourth-order valence-electron chi connectivity index (χ4n) is 2.95. The Morgan fingerprint density at radius 3 is 2.26 bits per heavy atom. The van der Waals surface area contributed by atoms with Gasteiger partial charge in [0.25, 0.3) is 0 Å². The van der Waals surface area contributed by atoms with E-state index in [1.165, 1.54) is 30.4 Å². The molecule has 0 radical (unpaired) electrons. The molecule has 106 valence electrons. The minimum atomic E-state index is 0.0806. The maximum Gasteiger partial charge on any atom is 0.0693 e. The van der Waals surface area contributed by atoms with Crippen molar-refractivity contribution in [3.63, 3.8) is 0 Å². The molecular formula is C17H27NO. The number of methoxy groups -OCH3 is 1. The minimum absolute atomic E-state index is 0.0806. The Morgan fingerprint density at radius 2 is 1.84 bits per heavy atom. The first-order valence-corrected chi connectivity index (χ1v) is 7.44. The van der Waals surface area contributed by atoms with Crippen molar-refractivity contribution in [3.8, 4) is 0 Å². The predicted molar refractivity (Wildman–Crippen MR) is 80.4 cm³/mol. The fourth-order valence-corrected chi connectivity index (χ4v) is 2.95. The van der Waals surface area contributed by atoms with Crippen LogP contribution in [-0.2, 0) is 11.2 Å². The predicted octanol–water partition coefficient (Wildman–Crippen LogP) is 3.64. The summed E-state index contributed by atoms with van der Waals surface area (Å²) < 4.78 is 5.65. The molecule has 0 aromatic heterocycles. The van der Waals surface area contributed by atoms with Crippen LogP contribution in [0.3, 0.4) is 0 Å². The summed E-state index contributed by atoms with van der Waals surface area (Å²) >= 11 is 0. The van der Waals surface area contributed by atoms with E-state index in [-0.39, 0.29) is 11.6 Å². The van der Waals surface area contributed by atoms with E-state index in [0.29, 0.717) is 5.92 Å². The summed E-state index contributed by atoms with van der Waals surface area (Å²) in [4.78, 5) is 0. The molecule has 2 heteroatoms. The van der Waals surface area contributed by atoms with Gasteiger partial charge in [-0.15, -0.1) is 0 Å². The minimum Gasteiger partial charge on any atom is -0.378 e. The van der Waals surface area contributed by atoms with Crippen molar-refractivity contribution in [2.75, 3.05) is 7.11 Å². The number of hydrogen-bond acceptors (Lipinski definition) is 2. The highest BCUT2D eigenvalue weighted by Crippen LogP contribution is 2.38. The van der Waals surface area contributed by atoms with E-state index in [1.807, 2.05) is 7.11 Å². The normalized spacial score (nSPS) is 19.2. The first kappa shape index (κ1) is 14.5. The van der Waals surface area contributed by atoms with Crippen LogP contribution in [0.15, 0.2) is 24.3 Å². The Labute approximate surface area is 117 Å². The molecule has 0 heterocycles. The van der Waals surface area contributed by atoms with Crippen molar-refractivity contribution in [2.24, 2.45) is 5.73 Å². The van der Waals surface area contributed by atoms with Crippen LogP contribution in [0.1, 0.15) is 56.6 Å². The van der Waals surface area contributed by atoms with Gasteiger partial charge >= 0.3 is 0 Å². The lowest BCUT2D eigenvalue weighted by Crippen LogP contribution is -2.44. The smallest absolute Gasteiger partial charge is 0.0693 e. The maximum atomic E-state index is 6.29. The Bertz CT molecular complexity index is 387. The summed E-state index contributed by atoms with van der Waals surface area (Å²) in [7, 11) is 1.82. The van der Waals surface area contributed by atoms with Crippen molar-refractivity contribution < 1.29 is 4.74 Å². The summed E-state index contributed by atoms with van der Waals surface area (Å²) in [5.74, 6) is 0.592. The fraction of sp³-hybridized carbons (Fsp3) is 0.647. The van der Waals surface area contributed by atoms with E-state index in [4.69, 9.17) is 10.5 Å². The molecule has 0 bridgehead atoms. The molecule has 0 saturated heterocycles. The van der Waals surface area contributed by atoms with Crippen LogP contribution in [0.25, 0.3) is 0 Å². The highest BCUT2D eigenvalue weighted by atomic mass is 16.5. The highest BCUT2D eigenvalue weighted by Gasteiger charge is 2.38. The molecule has 2 nitrogen and oxygen atoms in total. The topological polar surface area (TPSA) is 35.2 Å². The van der Waals surface area contributed by atoms with Crippen LogP contribution < -0.4 is 5.73 Å². The molecular weight excluding hydrogens is 234 g/mol. The third-order valence-corrected chi connectivity index (χ3v) is 4.48. The van der Waals surface area contributed by atoms with Gasteiger partial charge in [0, 0.05) is 13.2 Å². The summed E-state index contributed by atoms with van der Waals surface area (Å²) in [5, 5.41) is 0. The lowest BCUT2D eigenvalue weighted by molar-refractivity contribution is -0.0813. The monoisotopic (exact) mass is 261 g/mol. The van der Waals surface area contributed by atoms with Gasteiger partial charge in [0.05, 0.1) is 5.60 Å². The summed E-state index contributed by atoms with van der Waals surface area (Å²) in [6, 6.07) is 9.08. The molecule has 0 aliphatic heterocycles. The number of nitrogens with two attached hydrogens (primary N) is 1. The first-order chi connectivity index (χ1) is 9.04. The zero-order valence-corrected chi connectivity index (χ0v) is 12.5. The molecule has 1 aliphatic rings. The lowest BCUT2D eigenvalue weighted by atomic mass is 9.75. The van der Waals surface area contributed by atoms with Gasteiger partial charge in [-0.05, 0) is 49.1 Å². The molecule has 2 N–H and O–H groups in total. The van der Waals surface area contributed by atoms with Crippen molar-refractivity contribution >= 4 is 0 Å². The van der Waals surface area contributed by atoms with E-state index >= 15 is 0 Å². The number of rotatable bonds is 6. The van der Waals surface area contributed by atoms with Crippen molar-refractivity contribution in [2.45, 2.75) is 63.5 Å². The van der Waals surface area contributed by atoms with Gasteiger partial charge in [0.1, 0.15) is 0 Å². The number of ether oxygens (including phenoxy) is 1. The van der Waals surface area contributed by atoms with Crippen LogP contribution in [0.4, 0.5) is 0 Å². The Kier molecular flexibility index (Phi) is 4.64. The van der Waals surface area contributed by atoms with Gasteiger partial charge < -0.3 is 10.5 Å². The summed E-state index contributed by atoms with van der Waals surface area (Å²) in [6.07, 6.45) is 5.55. The second-order valence-corrected chi connectivity index (χ2v) is 6.31. The lowest BCUT2D eigenvalue weighted by Gasteiger charge is -2.42. The molecule has 1 saturated carbocycles. The Hall–Kier alpha value is -0.860. The SMILES string of the molecule is COC1(CC(N)Cc2ccc(C(C)C)cc2)CCC1. The molecule has 0 amide bonds. The molecule has 19 heavy (non-hydrogen) atoms. The van der Waals surface area contributed by atoms with E-state index in [0.717, 1.165) is 12.8 Å². The van der Waals surface area contributed by atoms with Gasteiger partial charge in [-0.1, -0.05) is 38.1 Å². The third kappa shape index (κ3) is 3.58. The average Bonchev–Trinajstić information content (AvgIpc) is 2.34. The highest BCUT2D eigenvalue weighted by molar-refractivity contribution is 5.25. The quantitative estimate of drug-likeness (QED) is 0.848. The number of benzene rings is 1. The van der Waals surface area contributed by atoms with Crippen LogP contribution in [-0.4, -0.2) is 18.8 Å². The standard InChI is InChI=1S/C17H27NO/c1-13(2)15-7-5-14(6-8-15)11-16(18)12-17(19-3)9-4-10-17/h5-8,13,16H,4,9-12,18H2,1-3H3. The molecule has 1 aromatic carbocycles. The second-order valence-electron chi connectivity index (χ2n) is 6.31. The van der Waals surface area contributed by atoms with Crippen LogP contribution in [0, 0.1) is 0 Å². The second kappa shape index (κ2) is 6.06. The van der Waals surface area contributed by atoms with Gasteiger partial charge in [0.15, 0.2) is 0 Å². The van der Waals surface area contributed by atoms with Crippen LogP contribution in [0.2, 0.25) is 0 Å². The van der Waals surface area contributed by atoms with E-state index in [2.05, 4.69) is 38.1 Å². The van der Waals surface area contributed by atoms with Crippen molar-refractivity contribution in [3.05, 3.63) is 35.4 Å². The molecule has 1 unspecified atom stereocenters. The maximum absolute atomic E-state index is 6.29. The largest absolute Gasteiger partial charge is 0.378 e. The third-order valence-electron chi connectivity index (χ3n) is 4.48. The van der Waals surface area contributed by atoms with Gasteiger partial charge in [0.2, 0.25) is 0 Å². The zero-order chi connectivity index (χ0) is 13.9. The average molecular weight is 261 g/mol. The van der Waals surface area contributed by atoms with Crippen molar-refractivity contribution in [1.82, 2.24) is 0 Å². The van der Waals surface area contributed by atoms with Gasteiger partial charge in [-0.2, -0.15) is 0 Å². The Balaban J connectivity index is 1.89. The summed E-state index contributed by atoms with van der Waals surface area (Å²) in [6.45, 7) is 4.44. The van der Waals surface area contributed by atoms with E-state index < -0.39 is 0 Å². The number of hydrogen-bond donors (Lipinski definition) is 1. The molecule has 2 rings (SSSR count). The van der Waals surface area contributed by atoms with Crippen LogP contribution in [0.5, 0.6) is 0 Å². The Morgan fingerprint density at radius 1 is 1.21 bits per heavy atom. The van der Waals surface area contributed by atoms with Gasteiger partial charge in [-0.3, -0.25) is 0 Å².